The van der Waals surface area contributed by atoms with E-state index in [1.807, 2.05) is 0 Å². The lowest BCUT2D eigenvalue weighted by atomic mass is 9.95. The standard InChI is InChI=1S/C12H21NO5/c1-11(2,3)18-10(16)13-12(9(15)17-4)7-5-6-8(12)14/h8,14H,5-7H2,1-4H3,(H,13,16)/t8-,12+/m0/s1. The zero-order chi connectivity index (χ0) is 14.0. The van der Waals surface area contributed by atoms with Gasteiger partial charge in [0, 0.05) is 0 Å². The van der Waals surface area contributed by atoms with Crippen LogP contribution in [0.1, 0.15) is 40.0 Å². The molecule has 0 heterocycles. The number of methoxy groups -OCH3 is 1. The van der Waals surface area contributed by atoms with Crippen LogP contribution in [0.3, 0.4) is 0 Å². The van der Waals surface area contributed by atoms with Gasteiger partial charge in [-0.2, -0.15) is 0 Å². The number of esters is 1. The topological polar surface area (TPSA) is 84.9 Å². The van der Waals surface area contributed by atoms with E-state index in [0.717, 1.165) is 0 Å². The number of alkyl carbamates (subject to hydrolysis) is 1. The van der Waals surface area contributed by atoms with E-state index >= 15 is 0 Å². The molecule has 0 aromatic carbocycles. The van der Waals surface area contributed by atoms with Crippen LogP contribution in [0.2, 0.25) is 0 Å². The third-order valence-corrected chi connectivity index (χ3v) is 2.89. The molecule has 104 valence electrons. The van der Waals surface area contributed by atoms with Crippen molar-refractivity contribution in [3.8, 4) is 0 Å². The minimum atomic E-state index is -1.38. The van der Waals surface area contributed by atoms with Crippen molar-refractivity contribution in [2.45, 2.75) is 57.3 Å². The van der Waals surface area contributed by atoms with Gasteiger partial charge in [-0.15, -0.1) is 0 Å². The van der Waals surface area contributed by atoms with Crippen molar-refractivity contribution in [1.82, 2.24) is 5.32 Å². The molecule has 0 unspecified atom stereocenters. The van der Waals surface area contributed by atoms with E-state index in [1.54, 1.807) is 20.8 Å². The molecule has 1 rings (SSSR count). The van der Waals surface area contributed by atoms with Gasteiger partial charge in [-0.25, -0.2) is 9.59 Å². The lowest BCUT2D eigenvalue weighted by molar-refractivity contribution is -0.152. The van der Waals surface area contributed by atoms with E-state index < -0.39 is 29.3 Å². The zero-order valence-corrected chi connectivity index (χ0v) is 11.3. The Labute approximate surface area is 107 Å². The Morgan fingerprint density at radius 1 is 1.39 bits per heavy atom. The Morgan fingerprint density at radius 2 is 2.00 bits per heavy atom. The summed E-state index contributed by atoms with van der Waals surface area (Å²) in [5.41, 5.74) is -2.04. The number of amides is 1. The maximum atomic E-state index is 11.8. The second-order valence-electron chi connectivity index (χ2n) is 5.50. The first-order chi connectivity index (χ1) is 8.21. The summed E-state index contributed by atoms with van der Waals surface area (Å²) >= 11 is 0. The monoisotopic (exact) mass is 259 g/mol. The number of nitrogens with one attached hydrogen (secondary N) is 1. The summed E-state index contributed by atoms with van der Waals surface area (Å²) in [5, 5.41) is 12.4. The molecule has 18 heavy (non-hydrogen) atoms. The first kappa shape index (κ1) is 14.8. The van der Waals surface area contributed by atoms with Crippen molar-refractivity contribution in [1.29, 1.82) is 0 Å². The summed E-state index contributed by atoms with van der Waals surface area (Å²) in [5.74, 6) is -0.640. The van der Waals surface area contributed by atoms with Gasteiger partial charge in [0.1, 0.15) is 5.60 Å². The van der Waals surface area contributed by atoms with E-state index in [9.17, 15) is 14.7 Å². The second kappa shape index (κ2) is 5.14. The van der Waals surface area contributed by atoms with Crippen molar-refractivity contribution in [2.24, 2.45) is 0 Å². The average molecular weight is 259 g/mol. The first-order valence-electron chi connectivity index (χ1n) is 5.99. The number of aliphatic hydroxyl groups is 1. The molecule has 0 aromatic rings. The number of aliphatic hydroxyl groups excluding tert-OH is 1. The molecule has 0 bridgehead atoms. The summed E-state index contributed by atoms with van der Waals surface area (Å²) in [6.45, 7) is 5.17. The summed E-state index contributed by atoms with van der Waals surface area (Å²) in [6.07, 6.45) is -0.233. The minimum Gasteiger partial charge on any atom is -0.467 e. The van der Waals surface area contributed by atoms with Gasteiger partial charge in [0.05, 0.1) is 13.2 Å². The van der Waals surface area contributed by atoms with Gasteiger partial charge >= 0.3 is 12.1 Å². The summed E-state index contributed by atoms with van der Waals surface area (Å²) in [4.78, 5) is 23.5. The molecule has 0 aliphatic heterocycles. The maximum Gasteiger partial charge on any atom is 0.408 e. The van der Waals surface area contributed by atoms with Crippen LogP contribution < -0.4 is 5.32 Å². The predicted molar refractivity (Wildman–Crippen MR) is 64.0 cm³/mol. The SMILES string of the molecule is COC(=O)[C@@]1(NC(=O)OC(C)(C)C)CCC[C@@H]1O. The smallest absolute Gasteiger partial charge is 0.408 e. The normalized spacial score (nSPS) is 27.7. The molecule has 0 spiro atoms. The quantitative estimate of drug-likeness (QED) is 0.722. The first-order valence-corrected chi connectivity index (χ1v) is 5.99. The number of carbonyl (C=O) groups is 2. The van der Waals surface area contributed by atoms with Crippen molar-refractivity contribution in [3.63, 3.8) is 0 Å². The van der Waals surface area contributed by atoms with Crippen LogP contribution in [0.4, 0.5) is 4.79 Å². The Hall–Kier alpha value is -1.30. The molecule has 6 nitrogen and oxygen atoms in total. The van der Waals surface area contributed by atoms with Crippen LogP contribution in [0, 0.1) is 0 Å². The van der Waals surface area contributed by atoms with Gasteiger partial charge in [0.25, 0.3) is 0 Å². The largest absolute Gasteiger partial charge is 0.467 e. The molecule has 0 aromatic heterocycles. The molecule has 6 heteroatoms. The lowest BCUT2D eigenvalue weighted by Gasteiger charge is -2.31. The maximum absolute atomic E-state index is 11.8. The van der Waals surface area contributed by atoms with E-state index in [1.165, 1.54) is 7.11 Å². The van der Waals surface area contributed by atoms with Gasteiger partial charge < -0.3 is 19.9 Å². The van der Waals surface area contributed by atoms with Crippen LogP contribution in [0.25, 0.3) is 0 Å². The molecule has 2 N–H and O–H groups in total. The third kappa shape index (κ3) is 3.13. The molecule has 0 radical (unpaired) electrons. The van der Waals surface area contributed by atoms with Gasteiger partial charge in [-0.1, -0.05) is 0 Å². The van der Waals surface area contributed by atoms with E-state index in [0.29, 0.717) is 19.3 Å². The molecular weight excluding hydrogens is 238 g/mol. The van der Waals surface area contributed by atoms with Crippen LogP contribution in [-0.2, 0) is 14.3 Å². The van der Waals surface area contributed by atoms with Crippen LogP contribution >= 0.6 is 0 Å². The van der Waals surface area contributed by atoms with Gasteiger partial charge in [-0.3, -0.25) is 0 Å². The molecular formula is C12H21NO5. The average Bonchev–Trinajstić information content (AvgIpc) is 2.57. The van der Waals surface area contributed by atoms with E-state index in [4.69, 9.17) is 4.74 Å². The van der Waals surface area contributed by atoms with Crippen LogP contribution in [-0.4, -0.2) is 41.5 Å². The highest BCUT2D eigenvalue weighted by atomic mass is 16.6. The highest BCUT2D eigenvalue weighted by molar-refractivity contribution is 5.87. The highest BCUT2D eigenvalue weighted by Gasteiger charge is 2.51. The molecule has 1 aliphatic rings. The van der Waals surface area contributed by atoms with Crippen molar-refractivity contribution < 1.29 is 24.2 Å². The van der Waals surface area contributed by atoms with Crippen LogP contribution in [0.5, 0.6) is 0 Å². The summed E-state index contributed by atoms with van der Waals surface area (Å²) in [6, 6.07) is 0. The molecule has 1 amide bonds. The zero-order valence-electron chi connectivity index (χ0n) is 11.3. The fraction of sp³-hybridized carbons (Fsp3) is 0.833. The van der Waals surface area contributed by atoms with Gasteiger partial charge in [0.2, 0.25) is 0 Å². The summed E-state index contributed by atoms with van der Waals surface area (Å²) < 4.78 is 9.77. The molecule has 1 aliphatic carbocycles. The number of hydrogen-bond donors (Lipinski definition) is 2. The Kier molecular flexibility index (Phi) is 4.21. The van der Waals surface area contributed by atoms with Gasteiger partial charge in [-0.05, 0) is 40.0 Å². The second-order valence-corrected chi connectivity index (χ2v) is 5.50. The fourth-order valence-corrected chi connectivity index (χ4v) is 2.09. The molecule has 0 saturated heterocycles. The van der Waals surface area contributed by atoms with Crippen molar-refractivity contribution in [2.75, 3.05) is 7.11 Å². The molecule has 1 fully saturated rings. The lowest BCUT2D eigenvalue weighted by Crippen LogP contribution is -2.60. The fourth-order valence-electron chi connectivity index (χ4n) is 2.09. The molecule has 2 atom stereocenters. The molecule has 1 saturated carbocycles. The highest BCUT2D eigenvalue weighted by Crippen LogP contribution is 2.31. The Morgan fingerprint density at radius 3 is 2.39 bits per heavy atom. The van der Waals surface area contributed by atoms with E-state index in [2.05, 4.69) is 10.1 Å². The minimum absolute atomic E-state index is 0.347. The third-order valence-electron chi connectivity index (χ3n) is 2.89. The number of rotatable bonds is 2. The number of carbonyl (C=O) groups excluding carboxylic acids is 2. The number of ether oxygens (including phenoxy) is 2. The van der Waals surface area contributed by atoms with Crippen LogP contribution in [0.15, 0.2) is 0 Å². The van der Waals surface area contributed by atoms with Crippen molar-refractivity contribution >= 4 is 12.1 Å². The summed E-state index contributed by atoms with van der Waals surface area (Å²) in [7, 11) is 1.23. The Balaban J connectivity index is 2.81. The Bertz CT molecular complexity index is 336. The number of hydrogen-bond acceptors (Lipinski definition) is 5. The van der Waals surface area contributed by atoms with Crippen molar-refractivity contribution in [3.05, 3.63) is 0 Å². The van der Waals surface area contributed by atoms with Gasteiger partial charge in [0.15, 0.2) is 5.54 Å². The van der Waals surface area contributed by atoms with E-state index in [-0.39, 0.29) is 0 Å². The predicted octanol–water partition coefficient (Wildman–Crippen LogP) is 0.968.